The van der Waals surface area contributed by atoms with Crippen LogP contribution in [0.4, 0.5) is 0 Å². The Balaban J connectivity index is 2.01. The molecule has 0 saturated carbocycles. The van der Waals surface area contributed by atoms with E-state index in [1.54, 1.807) is 12.4 Å². The number of unbranched alkanes of at least 4 members (excludes halogenated alkanes) is 5. The minimum atomic E-state index is 0.148. The second-order valence-electron chi connectivity index (χ2n) is 4.66. The molecule has 3 heteroatoms. The second-order valence-corrected chi connectivity index (χ2v) is 4.66. The molecule has 18 heavy (non-hydrogen) atoms. The summed E-state index contributed by atoms with van der Waals surface area (Å²) < 4.78 is 0. The van der Waals surface area contributed by atoms with Crippen molar-refractivity contribution in [2.45, 2.75) is 58.4 Å². The van der Waals surface area contributed by atoms with E-state index in [1.807, 2.05) is 12.1 Å². The maximum atomic E-state index is 11.6. The SMILES string of the molecule is CCCCCCCCC(=O)NCc1cccnc1. The summed E-state index contributed by atoms with van der Waals surface area (Å²) in [7, 11) is 0. The highest BCUT2D eigenvalue weighted by atomic mass is 16.1. The van der Waals surface area contributed by atoms with E-state index in [4.69, 9.17) is 0 Å². The van der Waals surface area contributed by atoms with Crippen molar-refractivity contribution in [3.8, 4) is 0 Å². The molecule has 0 aliphatic heterocycles. The van der Waals surface area contributed by atoms with Gasteiger partial charge < -0.3 is 5.32 Å². The Hall–Kier alpha value is -1.38. The summed E-state index contributed by atoms with van der Waals surface area (Å²) in [4.78, 5) is 15.6. The van der Waals surface area contributed by atoms with Crippen molar-refractivity contribution in [1.82, 2.24) is 10.3 Å². The molecule has 1 aromatic rings. The molecule has 0 bridgehead atoms. The standard InChI is InChI=1S/C15H24N2O/c1-2-3-4-5-6-7-10-15(18)17-13-14-9-8-11-16-12-14/h8-9,11-12H,2-7,10,13H2,1H3,(H,17,18). The molecule has 0 unspecified atom stereocenters. The van der Waals surface area contributed by atoms with E-state index < -0.39 is 0 Å². The van der Waals surface area contributed by atoms with Gasteiger partial charge in [0, 0.05) is 25.4 Å². The highest BCUT2D eigenvalue weighted by molar-refractivity contribution is 5.75. The molecule has 100 valence electrons. The zero-order valence-corrected chi connectivity index (χ0v) is 11.3. The quantitative estimate of drug-likeness (QED) is 0.680. The first kappa shape index (κ1) is 14.7. The molecule has 1 amide bonds. The normalized spacial score (nSPS) is 10.3. The zero-order valence-electron chi connectivity index (χ0n) is 11.3. The molecule has 0 atom stereocenters. The average molecular weight is 248 g/mol. The predicted octanol–water partition coefficient (Wildman–Crippen LogP) is 3.45. The summed E-state index contributed by atoms with van der Waals surface area (Å²) in [6.07, 6.45) is 11.5. The number of carbonyl (C=O) groups excluding carboxylic acids is 1. The second kappa shape index (κ2) is 9.63. The van der Waals surface area contributed by atoms with Gasteiger partial charge in [0.1, 0.15) is 0 Å². The van der Waals surface area contributed by atoms with Crippen LogP contribution in [-0.2, 0) is 11.3 Å². The van der Waals surface area contributed by atoms with Gasteiger partial charge in [0.2, 0.25) is 5.91 Å². The van der Waals surface area contributed by atoms with Crippen LogP contribution >= 0.6 is 0 Å². The van der Waals surface area contributed by atoms with E-state index in [0.717, 1.165) is 12.0 Å². The number of amides is 1. The summed E-state index contributed by atoms with van der Waals surface area (Å²) in [5, 5.41) is 2.92. The third-order valence-electron chi connectivity index (χ3n) is 2.97. The number of nitrogens with one attached hydrogen (secondary N) is 1. The Kier molecular flexibility index (Phi) is 7.85. The van der Waals surface area contributed by atoms with E-state index in [0.29, 0.717) is 13.0 Å². The fourth-order valence-corrected chi connectivity index (χ4v) is 1.86. The molecular weight excluding hydrogens is 224 g/mol. The molecule has 0 aliphatic rings. The van der Waals surface area contributed by atoms with E-state index >= 15 is 0 Å². The molecule has 0 radical (unpaired) electrons. The Morgan fingerprint density at radius 2 is 2.00 bits per heavy atom. The van der Waals surface area contributed by atoms with Gasteiger partial charge >= 0.3 is 0 Å². The molecule has 1 N–H and O–H groups in total. The molecule has 0 aromatic carbocycles. The Labute approximate surface area is 110 Å². The van der Waals surface area contributed by atoms with Crippen LogP contribution in [-0.4, -0.2) is 10.9 Å². The first-order chi connectivity index (χ1) is 8.83. The van der Waals surface area contributed by atoms with Crippen molar-refractivity contribution in [2.24, 2.45) is 0 Å². The van der Waals surface area contributed by atoms with Crippen molar-refractivity contribution in [1.29, 1.82) is 0 Å². The molecule has 0 spiro atoms. The van der Waals surface area contributed by atoms with E-state index in [1.165, 1.54) is 32.1 Å². The van der Waals surface area contributed by atoms with Crippen LogP contribution < -0.4 is 5.32 Å². The van der Waals surface area contributed by atoms with Crippen molar-refractivity contribution >= 4 is 5.91 Å². The number of carbonyl (C=O) groups is 1. The summed E-state index contributed by atoms with van der Waals surface area (Å²) >= 11 is 0. The van der Waals surface area contributed by atoms with Gasteiger partial charge in [0.25, 0.3) is 0 Å². The molecular formula is C15H24N2O. The van der Waals surface area contributed by atoms with Gasteiger partial charge in [-0.1, -0.05) is 45.1 Å². The monoisotopic (exact) mass is 248 g/mol. The van der Waals surface area contributed by atoms with Crippen molar-refractivity contribution in [2.75, 3.05) is 0 Å². The third-order valence-corrected chi connectivity index (χ3v) is 2.97. The van der Waals surface area contributed by atoms with Crippen molar-refractivity contribution < 1.29 is 4.79 Å². The number of rotatable bonds is 9. The summed E-state index contributed by atoms with van der Waals surface area (Å²) in [6, 6.07) is 3.85. The summed E-state index contributed by atoms with van der Waals surface area (Å²) in [5.74, 6) is 0.148. The van der Waals surface area contributed by atoms with Gasteiger partial charge in [-0.2, -0.15) is 0 Å². The molecule has 0 aliphatic carbocycles. The van der Waals surface area contributed by atoms with Gasteiger partial charge in [0.15, 0.2) is 0 Å². The van der Waals surface area contributed by atoms with E-state index in [9.17, 15) is 4.79 Å². The Bertz CT molecular complexity index is 325. The van der Waals surface area contributed by atoms with Gasteiger partial charge in [-0.3, -0.25) is 9.78 Å². The average Bonchev–Trinajstić information content (AvgIpc) is 2.41. The van der Waals surface area contributed by atoms with Crippen molar-refractivity contribution in [3.63, 3.8) is 0 Å². The Morgan fingerprint density at radius 3 is 2.72 bits per heavy atom. The van der Waals surface area contributed by atoms with Gasteiger partial charge in [-0.05, 0) is 18.1 Å². The van der Waals surface area contributed by atoms with Crippen LogP contribution in [0.5, 0.6) is 0 Å². The largest absolute Gasteiger partial charge is 0.352 e. The van der Waals surface area contributed by atoms with Crippen LogP contribution in [0.25, 0.3) is 0 Å². The van der Waals surface area contributed by atoms with E-state index in [2.05, 4.69) is 17.2 Å². The smallest absolute Gasteiger partial charge is 0.220 e. The number of aromatic nitrogens is 1. The first-order valence-electron chi connectivity index (χ1n) is 6.98. The lowest BCUT2D eigenvalue weighted by Gasteiger charge is -2.05. The molecule has 3 nitrogen and oxygen atoms in total. The van der Waals surface area contributed by atoms with Gasteiger partial charge in [-0.15, -0.1) is 0 Å². The minimum Gasteiger partial charge on any atom is -0.352 e. The number of pyridine rings is 1. The number of hydrogen-bond acceptors (Lipinski definition) is 2. The highest BCUT2D eigenvalue weighted by Gasteiger charge is 2.01. The van der Waals surface area contributed by atoms with Gasteiger partial charge in [-0.25, -0.2) is 0 Å². The number of hydrogen-bond donors (Lipinski definition) is 1. The molecule has 0 fully saturated rings. The molecule has 1 aromatic heterocycles. The Morgan fingerprint density at radius 1 is 1.22 bits per heavy atom. The van der Waals surface area contributed by atoms with Gasteiger partial charge in [0.05, 0.1) is 0 Å². The van der Waals surface area contributed by atoms with Crippen molar-refractivity contribution in [3.05, 3.63) is 30.1 Å². The fraction of sp³-hybridized carbons (Fsp3) is 0.600. The molecule has 0 saturated heterocycles. The fourth-order valence-electron chi connectivity index (χ4n) is 1.86. The van der Waals surface area contributed by atoms with Crippen LogP contribution in [0, 0.1) is 0 Å². The van der Waals surface area contributed by atoms with Crippen LogP contribution in [0.15, 0.2) is 24.5 Å². The number of nitrogens with zero attached hydrogens (tertiary/aromatic N) is 1. The zero-order chi connectivity index (χ0) is 13.1. The lowest BCUT2D eigenvalue weighted by atomic mass is 10.1. The predicted molar refractivity (Wildman–Crippen MR) is 74.1 cm³/mol. The van der Waals surface area contributed by atoms with E-state index in [-0.39, 0.29) is 5.91 Å². The topological polar surface area (TPSA) is 42.0 Å². The van der Waals surface area contributed by atoms with Crippen LogP contribution in [0.2, 0.25) is 0 Å². The first-order valence-corrected chi connectivity index (χ1v) is 6.98. The van der Waals surface area contributed by atoms with Crippen LogP contribution in [0.3, 0.4) is 0 Å². The van der Waals surface area contributed by atoms with Crippen LogP contribution in [0.1, 0.15) is 57.4 Å². The lowest BCUT2D eigenvalue weighted by Crippen LogP contribution is -2.22. The lowest BCUT2D eigenvalue weighted by molar-refractivity contribution is -0.121. The summed E-state index contributed by atoms with van der Waals surface area (Å²) in [5.41, 5.74) is 1.05. The minimum absolute atomic E-state index is 0.148. The molecule has 1 heterocycles. The summed E-state index contributed by atoms with van der Waals surface area (Å²) in [6.45, 7) is 2.80. The maximum absolute atomic E-state index is 11.6. The highest BCUT2D eigenvalue weighted by Crippen LogP contribution is 2.06. The maximum Gasteiger partial charge on any atom is 0.220 e. The third kappa shape index (κ3) is 7.05. The molecule has 1 rings (SSSR count).